The van der Waals surface area contributed by atoms with E-state index in [9.17, 15) is 0 Å². The van der Waals surface area contributed by atoms with Crippen LogP contribution in [0.5, 0.6) is 5.75 Å². The first-order chi connectivity index (χ1) is 11.2. The molecule has 0 amide bonds. The Hall–Kier alpha value is -1.02. The lowest BCUT2D eigenvalue weighted by Crippen LogP contribution is -2.47. The lowest BCUT2D eigenvalue weighted by atomic mass is 9.96. The van der Waals surface area contributed by atoms with E-state index in [4.69, 9.17) is 9.47 Å². The van der Waals surface area contributed by atoms with Crippen LogP contribution in [0.4, 0.5) is 0 Å². The minimum Gasteiger partial charge on any atom is -0.494 e. The highest BCUT2D eigenvalue weighted by molar-refractivity contribution is 14.0. The van der Waals surface area contributed by atoms with Crippen molar-refractivity contribution in [2.75, 3.05) is 20.2 Å². The highest BCUT2D eigenvalue weighted by atomic mass is 127. The van der Waals surface area contributed by atoms with Crippen LogP contribution in [0.2, 0.25) is 0 Å². The zero-order valence-corrected chi connectivity index (χ0v) is 16.8. The molecule has 2 aliphatic rings. The number of guanidine groups is 1. The Morgan fingerprint density at radius 2 is 2.08 bits per heavy atom. The number of rotatable bonds is 6. The quantitative estimate of drug-likeness (QED) is 0.306. The summed E-state index contributed by atoms with van der Waals surface area (Å²) in [5, 5.41) is 6.84. The lowest BCUT2D eigenvalue weighted by Gasteiger charge is -2.22. The molecule has 2 aliphatic heterocycles. The third-order valence-electron chi connectivity index (χ3n) is 4.56. The first kappa shape index (κ1) is 19.3. The molecule has 1 aromatic rings. The van der Waals surface area contributed by atoms with Gasteiger partial charge in [0.2, 0.25) is 0 Å². The van der Waals surface area contributed by atoms with Gasteiger partial charge in [0, 0.05) is 13.6 Å². The van der Waals surface area contributed by atoms with Crippen molar-refractivity contribution in [3.8, 4) is 5.75 Å². The second kappa shape index (κ2) is 9.46. The summed E-state index contributed by atoms with van der Waals surface area (Å²) in [5.74, 6) is 1.79. The Balaban J connectivity index is 0.00000208. The molecular weight excluding hydrogens is 417 g/mol. The molecule has 0 aromatic heterocycles. The molecular formula is C18H28IN3O2. The highest BCUT2D eigenvalue weighted by Crippen LogP contribution is 2.34. The van der Waals surface area contributed by atoms with E-state index >= 15 is 0 Å². The molecule has 24 heavy (non-hydrogen) atoms. The molecule has 2 saturated heterocycles. The summed E-state index contributed by atoms with van der Waals surface area (Å²) in [6, 6.07) is 8.56. The van der Waals surface area contributed by atoms with E-state index < -0.39 is 0 Å². The largest absolute Gasteiger partial charge is 0.494 e. The predicted octanol–water partition coefficient (Wildman–Crippen LogP) is 2.87. The van der Waals surface area contributed by atoms with Crippen LogP contribution >= 0.6 is 24.0 Å². The van der Waals surface area contributed by atoms with Crippen molar-refractivity contribution in [2.45, 2.75) is 50.9 Å². The summed E-state index contributed by atoms with van der Waals surface area (Å²) in [4.78, 5) is 4.30. The Bertz CT molecular complexity index is 536. The first-order valence-electron chi connectivity index (χ1n) is 8.56. The van der Waals surface area contributed by atoms with Crippen LogP contribution in [0.3, 0.4) is 0 Å². The maximum absolute atomic E-state index is 5.87. The fourth-order valence-electron chi connectivity index (χ4n) is 3.26. The van der Waals surface area contributed by atoms with Gasteiger partial charge < -0.3 is 20.1 Å². The first-order valence-corrected chi connectivity index (χ1v) is 8.56. The van der Waals surface area contributed by atoms with Crippen molar-refractivity contribution in [1.29, 1.82) is 0 Å². The number of fused-ring (bicyclic) bond motifs is 2. The molecule has 134 valence electrons. The number of aliphatic imine (C=N–C) groups is 1. The van der Waals surface area contributed by atoms with E-state index in [2.05, 4.69) is 34.7 Å². The summed E-state index contributed by atoms with van der Waals surface area (Å²) >= 11 is 0. The van der Waals surface area contributed by atoms with E-state index in [0.717, 1.165) is 31.1 Å². The van der Waals surface area contributed by atoms with Crippen LogP contribution in [0, 0.1) is 6.92 Å². The molecule has 3 unspecified atom stereocenters. The second-order valence-corrected chi connectivity index (χ2v) is 6.37. The van der Waals surface area contributed by atoms with Gasteiger partial charge in [0.15, 0.2) is 5.96 Å². The molecule has 0 radical (unpaired) electrons. The van der Waals surface area contributed by atoms with Gasteiger partial charge in [-0.3, -0.25) is 4.99 Å². The van der Waals surface area contributed by atoms with Gasteiger partial charge >= 0.3 is 0 Å². The molecule has 1 aromatic carbocycles. The lowest BCUT2D eigenvalue weighted by molar-refractivity contribution is 0.0992. The third-order valence-corrected chi connectivity index (χ3v) is 4.56. The molecule has 2 fully saturated rings. The zero-order valence-electron chi connectivity index (χ0n) is 14.5. The van der Waals surface area contributed by atoms with Gasteiger partial charge in [0.25, 0.3) is 0 Å². The Labute approximate surface area is 161 Å². The summed E-state index contributed by atoms with van der Waals surface area (Å²) in [6.07, 6.45) is 5.24. The number of halogens is 1. The fraction of sp³-hybridized carbons (Fsp3) is 0.611. The van der Waals surface area contributed by atoms with E-state index in [1.165, 1.54) is 18.4 Å². The number of ether oxygens (including phenoxy) is 2. The number of hydrogen-bond acceptors (Lipinski definition) is 3. The zero-order chi connectivity index (χ0) is 16.1. The Kier molecular flexibility index (Phi) is 7.61. The molecule has 2 N–H and O–H groups in total. The number of hydrogen-bond donors (Lipinski definition) is 2. The third kappa shape index (κ3) is 5.24. The summed E-state index contributed by atoms with van der Waals surface area (Å²) < 4.78 is 11.6. The minimum atomic E-state index is 0. The maximum atomic E-state index is 5.87. The smallest absolute Gasteiger partial charge is 0.191 e. The van der Waals surface area contributed by atoms with Crippen molar-refractivity contribution in [2.24, 2.45) is 4.99 Å². The van der Waals surface area contributed by atoms with Gasteiger partial charge in [-0.25, -0.2) is 0 Å². The molecule has 5 nitrogen and oxygen atoms in total. The minimum absolute atomic E-state index is 0. The van der Waals surface area contributed by atoms with Crippen molar-refractivity contribution in [3.05, 3.63) is 29.8 Å². The van der Waals surface area contributed by atoms with Crippen LogP contribution < -0.4 is 15.4 Å². The maximum Gasteiger partial charge on any atom is 0.191 e. The van der Waals surface area contributed by atoms with Crippen molar-refractivity contribution >= 4 is 29.9 Å². The molecule has 3 atom stereocenters. The molecule has 0 spiro atoms. The van der Waals surface area contributed by atoms with Crippen molar-refractivity contribution < 1.29 is 9.47 Å². The standard InChI is InChI=1S/C18H27N3O2.HI/c1-13-4-6-14(7-5-13)22-11-3-10-20-18(19-2)21-16-12-15-8-9-17(16)23-15;/h4-7,15-17H,3,8-12H2,1-2H3,(H2,19,20,21);1H. The Morgan fingerprint density at radius 1 is 1.29 bits per heavy atom. The van der Waals surface area contributed by atoms with E-state index in [0.29, 0.717) is 24.9 Å². The number of benzene rings is 1. The normalized spacial score (nSPS) is 25.2. The topological polar surface area (TPSA) is 54.9 Å². The number of nitrogens with one attached hydrogen (secondary N) is 2. The van der Waals surface area contributed by atoms with Gasteiger partial charge in [0.1, 0.15) is 5.75 Å². The van der Waals surface area contributed by atoms with Crippen LogP contribution in [0.15, 0.2) is 29.3 Å². The molecule has 2 heterocycles. The monoisotopic (exact) mass is 445 g/mol. The van der Waals surface area contributed by atoms with Crippen LogP contribution in [0.25, 0.3) is 0 Å². The molecule has 0 aliphatic carbocycles. The van der Waals surface area contributed by atoms with Crippen LogP contribution in [0.1, 0.15) is 31.2 Å². The van der Waals surface area contributed by atoms with Gasteiger partial charge in [-0.1, -0.05) is 17.7 Å². The SMILES string of the molecule is CN=C(NCCCOc1ccc(C)cc1)NC1CC2CCC1O2.I. The van der Waals surface area contributed by atoms with E-state index in [1.807, 2.05) is 19.2 Å². The van der Waals surface area contributed by atoms with Crippen molar-refractivity contribution in [1.82, 2.24) is 10.6 Å². The number of nitrogens with zero attached hydrogens (tertiary/aromatic N) is 1. The average Bonchev–Trinajstić information content (AvgIpc) is 3.18. The van der Waals surface area contributed by atoms with Gasteiger partial charge in [-0.2, -0.15) is 0 Å². The second-order valence-electron chi connectivity index (χ2n) is 6.37. The van der Waals surface area contributed by atoms with E-state index in [-0.39, 0.29) is 24.0 Å². The number of aryl methyl sites for hydroxylation is 1. The van der Waals surface area contributed by atoms with Gasteiger partial charge in [0.05, 0.1) is 24.9 Å². The summed E-state index contributed by atoms with van der Waals surface area (Å²) in [5.41, 5.74) is 1.25. The molecule has 3 rings (SSSR count). The molecule has 0 saturated carbocycles. The van der Waals surface area contributed by atoms with E-state index in [1.54, 1.807) is 0 Å². The molecule has 6 heteroatoms. The Morgan fingerprint density at radius 3 is 2.71 bits per heavy atom. The molecule has 2 bridgehead atoms. The predicted molar refractivity (Wildman–Crippen MR) is 108 cm³/mol. The summed E-state index contributed by atoms with van der Waals surface area (Å²) in [6.45, 7) is 3.62. The van der Waals surface area contributed by atoms with Gasteiger partial charge in [-0.15, -0.1) is 24.0 Å². The summed E-state index contributed by atoms with van der Waals surface area (Å²) in [7, 11) is 1.81. The average molecular weight is 445 g/mol. The fourth-order valence-corrected chi connectivity index (χ4v) is 3.26. The van der Waals surface area contributed by atoms with Crippen LogP contribution in [-0.2, 0) is 4.74 Å². The van der Waals surface area contributed by atoms with Crippen molar-refractivity contribution in [3.63, 3.8) is 0 Å². The van der Waals surface area contributed by atoms with Crippen LogP contribution in [-0.4, -0.2) is 44.4 Å². The van der Waals surface area contributed by atoms with Gasteiger partial charge in [-0.05, 0) is 44.7 Å². The highest BCUT2D eigenvalue weighted by Gasteiger charge is 2.41.